The minimum Gasteiger partial charge on any atom is -0.302 e. The molecule has 0 atom stereocenters. The van der Waals surface area contributed by atoms with Crippen molar-refractivity contribution in [3.8, 4) is 10.4 Å². The first-order valence-electron chi connectivity index (χ1n) is 9.63. The van der Waals surface area contributed by atoms with Gasteiger partial charge in [-0.1, -0.05) is 102 Å². The molecule has 0 aliphatic carbocycles. The second kappa shape index (κ2) is 8.84. The summed E-state index contributed by atoms with van der Waals surface area (Å²) in [5.41, 5.74) is 4.32. The molecule has 0 aliphatic heterocycles. The first-order chi connectivity index (χ1) is 14.2. The van der Waals surface area contributed by atoms with Crippen LogP contribution in [0.15, 0.2) is 91.0 Å². The van der Waals surface area contributed by atoms with Gasteiger partial charge in [0.05, 0.1) is 10.6 Å². The summed E-state index contributed by atoms with van der Waals surface area (Å²) in [7, 11) is 0. The second-order valence-corrected chi connectivity index (χ2v) is 7.92. The molecule has 0 fully saturated rings. The third-order valence-corrected chi connectivity index (χ3v) is 5.99. The number of carbonyl (C=O) groups is 1. The van der Waals surface area contributed by atoms with Crippen molar-refractivity contribution < 1.29 is 4.79 Å². The van der Waals surface area contributed by atoms with Crippen LogP contribution in [0.25, 0.3) is 10.4 Å². The molecule has 0 spiro atoms. The fourth-order valence-electron chi connectivity index (χ4n) is 3.46. The van der Waals surface area contributed by atoms with Crippen molar-refractivity contribution in [3.63, 3.8) is 0 Å². The standard InChI is InChI=1S/C25H22N2OS/c1-18-24(21-15-9-4-10-16-21)29-25(26-18)27-23(28)17-22(19-11-5-2-6-12-19)20-13-7-3-8-14-20/h2-16,22H,17H2,1H3,(H,26,27,28). The average Bonchev–Trinajstić information content (AvgIpc) is 3.13. The Morgan fingerprint density at radius 2 is 1.38 bits per heavy atom. The van der Waals surface area contributed by atoms with E-state index in [-0.39, 0.29) is 11.8 Å². The Morgan fingerprint density at radius 1 is 0.862 bits per heavy atom. The van der Waals surface area contributed by atoms with Gasteiger partial charge < -0.3 is 5.32 Å². The van der Waals surface area contributed by atoms with Gasteiger partial charge in [0, 0.05) is 12.3 Å². The average molecular weight is 399 g/mol. The van der Waals surface area contributed by atoms with E-state index < -0.39 is 0 Å². The van der Waals surface area contributed by atoms with Gasteiger partial charge in [-0.05, 0) is 23.6 Å². The van der Waals surface area contributed by atoms with Crippen LogP contribution in [0.2, 0.25) is 0 Å². The van der Waals surface area contributed by atoms with Crippen molar-refractivity contribution in [2.45, 2.75) is 19.3 Å². The summed E-state index contributed by atoms with van der Waals surface area (Å²) in [4.78, 5) is 18.5. The van der Waals surface area contributed by atoms with Gasteiger partial charge in [-0.3, -0.25) is 4.79 Å². The molecule has 3 aromatic carbocycles. The van der Waals surface area contributed by atoms with Crippen molar-refractivity contribution in [1.29, 1.82) is 0 Å². The number of aryl methyl sites for hydroxylation is 1. The van der Waals surface area contributed by atoms with Crippen LogP contribution in [-0.2, 0) is 4.79 Å². The van der Waals surface area contributed by atoms with Crippen LogP contribution in [-0.4, -0.2) is 10.9 Å². The third kappa shape index (κ3) is 4.61. The van der Waals surface area contributed by atoms with E-state index in [1.165, 1.54) is 11.3 Å². The summed E-state index contributed by atoms with van der Waals surface area (Å²) in [6, 6.07) is 30.5. The molecule has 1 aromatic heterocycles. The number of thiazole rings is 1. The Balaban J connectivity index is 1.53. The Kier molecular flexibility index (Phi) is 5.82. The van der Waals surface area contributed by atoms with Crippen molar-refractivity contribution in [2.24, 2.45) is 0 Å². The lowest BCUT2D eigenvalue weighted by atomic mass is 9.88. The highest BCUT2D eigenvalue weighted by atomic mass is 32.1. The second-order valence-electron chi connectivity index (χ2n) is 6.93. The number of anilines is 1. The molecule has 0 saturated heterocycles. The maximum absolute atomic E-state index is 12.9. The number of rotatable bonds is 6. The minimum absolute atomic E-state index is 0.00653. The lowest BCUT2D eigenvalue weighted by Gasteiger charge is -2.17. The fraction of sp³-hybridized carbons (Fsp3) is 0.120. The zero-order chi connectivity index (χ0) is 20.1. The van der Waals surface area contributed by atoms with Crippen molar-refractivity contribution in [3.05, 3.63) is 108 Å². The number of amides is 1. The van der Waals surface area contributed by atoms with Crippen LogP contribution >= 0.6 is 11.3 Å². The molecular formula is C25H22N2OS. The zero-order valence-corrected chi connectivity index (χ0v) is 17.0. The quantitative estimate of drug-likeness (QED) is 0.415. The first-order valence-corrected chi connectivity index (χ1v) is 10.4. The van der Waals surface area contributed by atoms with Gasteiger partial charge in [0.25, 0.3) is 0 Å². The molecule has 0 aliphatic rings. The van der Waals surface area contributed by atoms with Crippen molar-refractivity contribution >= 4 is 22.4 Å². The van der Waals surface area contributed by atoms with Crippen LogP contribution in [0.4, 0.5) is 5.13 Å². The number of benzene rings is 3. The van der Waals surface area contributed by atoms with Gasteiger partial charge in [-0.15, -0.1) is 0 Å². The highest BCUT2D eigenvalue weighted by Gasteiger charge is 2.19. The molecule has 1 amide bonds. The van der Waals surface area contributed by atoms with Gasteiger partial charge in [0.15, 0.2) is 5.13 Å². The molecule has 29 heavy (non-hydrogen) atoms. The third-order valence-electron chi connectivity index (χ3n) is 4.87. The van der Waals surface area contributed by atoms with Gasteiger partial charge in [-0.2, -0.15) is 0 Å². The summed E-state index contributed by atoms with van der Waals surface area (Å²) < 4.78 is 0. The van der Waals surface area contributed by atoms with E-state index in [1.807, 2.05) is 61.5 Å². The largest absolute Gasteiger partial charge is 0.302 e. The van der Waals surface area contributed by atoms with Crippen molar-refractivity contribution in [1.82, 2.24) is 4.98 Å². The Morgan fingerprint density at radius 3 is 1.93 bits per heavy atom. The summed E-state index contributed by atoms with van der Waals surface area (Å²) >= 11 is 1.52. The number of nitrogens with one attached hydrogen (secondary N) is 1. The minimum atomic E-state index is -0.0314. The van der Waals surface area contributed by atoms with Gasteiger partial charge in [0.1, 0.15) is 0 Å². The molecule has 0 radical (unpaired) electrons. The predicted octanol–water partition coefficient (Wildman–Crippen LogP) is 6.28. The summed E-state index contributed by atoms with van der Waals surface area (Å²) in [5, 5.41) is 3.66. The number of hydrogen-bond acceptors (Lipinski definition) is 3. The molecule has 4 rings (SSSR count). The number of nitrogens with zero attached hydrogens (tertiary/aromatic N) is 1. The summed E-state index contributed by atoms with van der Waals surface area (Å²) in [6.07, 6.45) is 0.368. The SMILES string of the molecule is Cc1nc(NC(=O)CC(c2ccccc2)c2ccccc2)sc1-c1ccccc1. The van der Waals surface area contributed by atoms with Crippen LogP contribution in [0, 0.1) is 6.92 Å². The molecule has 144 valence electrons. The van der Waals surface area contributed by atoms with Crippen molar-refractivity contribution in [2.75, 3.05) is 5.32 Å². The maximum Gasteiger partial charge on any atom is 0.227 e. The van der Waals surface area contributed by atoms with E-state index in [2.05, 4.69) is 46.7 Å². The molecule has 1 N–H and O–H groups in total. The first kappa shape index (κ1) is 19.1. The van der Waals surface area contributed by atoms with E-state index in [4.69, 9.17) is 0 Å². The maximum atomic E-state index is 12.9. The highest BCUT2D eigenvalue weighted by molar-refractivity contribution is 7.19. The van der Waals surface area contributed by atoms with Gasteiger partial charge in [-0.25, -0.2) is 4.98 Å². The lowest BCUT2D eigenvalue weighted by molar-refractivity contribution is -0.116. The molecular weight excluding hydrogens is 376 g/mol. The van der Waals surface area contributed by atoms with E-state index in [0.717, 1.165) is 27.3 Å². The van der Waals surface area contributed by atoms with Gasteiger partial charge >= 0.3 is 0 Å². The molecule has 3 nitrogen and oxygen atoms in total. The van der Waals surface area contributed by atoms with Gasteiger partial charge in [0.2, 0.25) is 5.91 Å². The van der Waals surface area contributed by atoms with Crippen LogP contribution < -0.4 is 5.32 Å². The van der Waals surface area contributed by atoms with Crippen LogP contribution in [0.3, 0.4) is 0 Å². The Bertz CT molecular complexity index is 1040. The summed E-state index contributed by atoms with van der Waals surface area (Å²) in [6.45, 7) is 1.98. The Hall–Kier alpha value is -3.24. The lowest BCUT2D eigenvalue weighted by Crippen LogP contribution is -2.16. The monoisotopic (exact) mass is 398 g/mol. The van der Waals surface area contributed by atoms with E-state index in [1.54, 1.807) is 0 Å². The molecule has 0 unspecified atom stereocenters. The predicted molar refractivity (Wildman–Crippen MR) is 120 cm³/mol. The zero-order valence-electron chi connectivity index (χ0n) is 16.2. The van der Waals surface area contributed by atoms with E-state index >= 15 is 0 Å². The smallest absolute Gasteiger partial charge is 0.227 e. The summed E-state index contributed by atoms with van der Waals surface area (Å²) in [5.74, 6) is -0.0249. The fourth-order valence-corrected chi connectivity index (χ4v) is 4.45. The number of aromatic nitrogens is 1. The number of carbonyl (C=O) groups excluding carboxylic acids is 1. The van der Waals surface area contributed by atoms with E-state index in [0.29, 0.717) is 11.6 Å². The highest BCUT2D eigenvalue weighted by Crippen LogP contribution is 2.33. The molecule has 0 saturated carbocycles. The van der Waals surface area contributed by atoms with Crippen LogP contribution in [0.5, 0.6) is 0 Å². The topological polar surface area (TPSA) is 42.0 Å². The molecule has 4 heteroatoms. The molecule has 1 heterocycles. The van der Waals surface area contributed by atoms with E-state index in [9.17, 15) is 4.79 Å². The number of hydrogen-bond donors (Lipinski definition) is 1. The molecule has 4 aromatic rings. The normalized spacial score (nSPS) is 10.8. The Labute approximate surface area is 175 Å². The van der Waals surface area contributed by atoms with Crippen LogP contribution in [0.1, 0.15) is 29.2 Å². The molecule has 0 bridgehead atoms.